The van der Waals surface area contributed by atoms with Gasteiger partial charge in [-0.2, -0.15) is 0 Å². The summed E-state index contributed by atoms with van der Waals surface area (Å²) in [5, 5.41) is 10.9. The quantitative estimate of drug-likeness (QED) is 0.396. The van der Waals surface area contributed by atoms with Crippen molar-refractivity contribution in [2.24, 2.45) is 0 Å². The molecule has 0 atom stereocenters. The second-order valence-electron chi connectivity index (χ2n) is 5.90. The Morgan fingerprint density at radius 3 is 2.36 bits per heavy atom. The molecule has 122 valence electrons. The van der Waals surface area contributed by atoms with E-state index in [1.165, 1.54) is 12.1 Å². The fourth-order valence-corrected chi connectivity index (χ4v) is 2.95. The molecule has 0 aliphatic heterocycles. The SMILES string of the molecule is Cc1ccc2nc(-c3ccccc3)n(-c3ccc([N+](=O)[O-])cc3)c2c1. The first kappa shape index (κ1) is 15.1. The van der Waals surface area contributed by atoms with Crippen LogP contribution in [-0.4, -0.2) is 14.5 Å². The van der Waals surface area contributed by atoms with E-state index >= 15 is 0 Å². The number of aryl methyl sites for hydroxylation is 1. The predicted molar refractivity (Wildman–Crippen MR) is 97.9 cm³/mol. The Morgan fingerprint density at radius 2 is 1.68 bits per heavy atom. The summed E-state index contributed by atoms with van der Waals surface area (Å²) in [6.07, 6.45) is 0. The van der Waals surface area contributed by atoms with E-state index in [-0.39, 0.29) is 5.69 Å². The lowest BCUT2D eigenvalue weighted by atomic mass is 10.2. The fraction of sp³-hybridized carbons (Fsp3) is 0.0500. The zero-order valence-electron chi connectivity index (χ0n) is 13.6. The molecule has 0 spiro atoms. The molecule has 0 bridgehead atoms. The summed E-state index contributed by atoms with van der Waals surface area (Å²) in [7, 11) is 0. The highest BCUT2D eigenvalue weighted by atomic mass is 16.6. The summed E-state index contributed by atoms with van der Waals surface area (Å²) in [5.74, 6) is 0.815. The van der Waals surface area contributed by atoms with Crippen LogP contribution in [0, 0.1) is 17.0 Å². The van der Waals surface area contributed by atoms with E-state index in [1.807, 2.05) is 54.0 Å². The molecule has 0 saturated heterocycles. The Labute approximate surface area is 144 Å². The zero-order valence-corrected chi connectivity index (χ0v) is 13.6. The van der Waals surface area contributed by atoms with Gasteiger partial charge in [0.1, 0.15) is 5.82 Å². The summed E-state index contributed by atoms with van der Waals surface area (Å²) in [6.45, 7) is 2.04. The molecule has 5 nitrogen and oxygen atoms in total. The Hall–Kier alpha value is -3.47. The number of nitrogens with zero attached hydrogens (tertiary/aromatic N) is 3. The molecule has 0 aliphatic carbocycles. The van der Waals surface area contributed by atoms with Crippen LogP contribution in [0.2, 0.25) is 0 Å². The van der Waals surface area contributed by atoms with Crippen LogP contribution in [0.3, 0.4) is 0 Å². The lowest BCUT2D eigenvalue weighted by Gasteiger charge is -2.09. The maximum absolute atomic E-state index is 10.9. The van der Waals surface area contributed by atoms with Crippen LogP contribution in [0.5, 0.6) is 0 Å². The molecule has 0 fully saturated rings. The molecule has 3 aromatic carbocycles. The molecule has 0 amide bonds. The number of aromatic nitrogens is 2. The van der Waals surface area contributed by atoms with Crippen LogP contribution in [0.4, 0.5) is 5.69 Å². The minimum absolute atomic E-state index is 0.0746. The van der Waals surface area contributed by atoms with Gasteiger partial charge in [-0.05, 0) is 36.8 Å². The minimum Gasteiger partial charge on any atom is -0.292 e. The van der Waals surface area contributed by atoms with Gasteiger partial charge in [0.2, 0.25) is 0 Å². The fourth-order valence-electron chi connectivity index (χ4n) is 2.95. The van der Waals surface area contributed by atoms with Crippen LogP contribution < -0.4 is 0 Å². The third kappa shape index (κ3) is 2.65. The van der Waals surface area contributed by atoms with Gasteiger partial charge in [-0.3, -0.25) is 14.7 Å². The van der Waals surface area contributed by atoms with Crippen LogP contribution >= 0.6 is 0 Å². The van der Waals surface area contributed by atoms with Gasteiger partial charge in [-0.25, -0.2) is 4.98 Å². The minimum atomic E-state index is -0.391. The van der Waals surface area contributed by atoms with Gasteiger partial charge in [0, 0.05) is 23.4 Å². The van der Waals surface area contributed by atoms with Gasteiger partial charge in [-0.15, -0.1) is 0 Å². The number of nitro benzene ring substituents is 1. The van der Waals surface area contributed by atoms with Crippen molar-refractivity contribution in [3.63, 3.8) is 0 Å². The summed E-state index contributed by atoms with van der Waals surface area (Å²) in [4.78, 5) is 15.3. The van der Waals surface area contributed by atoms with Crippen LogP contribution in [-0.2, 0) is 0 Å². The molecule has 1 aromatic heterocycles. The molecular formula is C20H15N3O2. The number of nitro groups is 1. The Bertz CT molecular complexity index is 1070. The molecule has 4 aromatic rings. The van der Waals surface area contributed by atoms with E-state index in [1.54, 1.807) is 12.1 Å². The molecule has 0 radical (unpaired) electrons. The molecule has 25 heavy (non-hydrogen) atoms. The van der Waals surface area contributed by atoms with Crippen molar-refractivity contribution in [3.8, 4) is 17.1 Å². The molecule has 0 saturated carbocycles. The second kappa shape index (κ2) is 5.87. The number of benzene rings is 3. The van der Waals surface area contributed by atoms with Crippen molar-refractivity contribution < 1.29 is 4.92 Å². The van der Waals surface area contributed by atoms with Crippen molar-refractivity contribution >= 4 is 16.7 Å². The Balaban J connectivity index is 2.00. The van der Waals surface area contributed by atoms with E-state index in [4.69, 9.17) is 4.98 Å². The number of imidazole rings is 1. The van der Waals surface area contributed by atoms with E-state index in [9.17, 15) is 10.1 Å². The predicted octanol–water partition coefficient (Wildman–Crippen LogP) is 4.91. The maximum atomic E-state index is 10.9. The van der Waals surface area contributed by atoms with E-state index < -0.39 is 4.92 Å². The number of hydrogen-bond acceptors (Lipinski definition) is 3. The summed E-state index contributed by atoms with van der Waals surface area (Å²) >= 11 is 0. The number of hydrogen-bond donors (Lipinski definition) is 0. The monoisotopic (exact) mass is 329 g/mol. The van der Waals surface area contributed by atoms with Gasteiger partial charge in [0.25, 0.3) is 5.69 Å². The number of non-ortho nitro benzene ring substituents is 1. The summed E-state index contributed by atoms with van der Waals surface area (Å²) < 4.78 is 2.04. The molecule has 4 rings (SSSR count). The van der Waals surface area contributed by atoms with Crippen LogP contribution in [0.25, 0.3) is 28.1 Å². The highest BCUT2D eigenvalue weighted by molar-refractivity contribution is 5.83. The third-order valence-electron chi connectivity index (χ3n) is 4.16. The van der Waals surface area contributed by atoms with E-state index in [0.29, 0.717) is 0 Å². The average molecular weight is 329 g/mol. The largest absolute Gasteiger partial charge is 0.292 e. The lowest BCUT2D eigenvalue weighted by Crippen LogP contribution is -1.98. The third-order valence-corrected chi connectivity index (χ3v) is 4.16. The number of rotatable bonds is 3. The van der Waals surface area contributed by atoms with Gasteiger partial charge in [0.05, 0.1) is 16.0 Å². The Kier molecular flexibility index (Phi) is 3.54. The van der Waals surface area contributed by atoms with Gasteiger partial charge in [-0.1, -0.05) is 36.4 Å². The smallest absolute Gasteiger partial charge is 0.269 e. The van der Waals surface area contributed by atoms with Crippen molar-refractivity contribution in [1.29, 1.82) is 0 Å². The van der Waals surface area contributed by atoms with Crippen molar-refractivity contribution in [2.45, 2.75) is 6.92 Å². The van der Waals surface area contributed by atoms with E-state index in [0.717, 1.165) is 33.7 Å². The number of fused-ring (bicyclic) bond motifs is 1. The topological polar surface area (TPSA) is 61.0 Å². The average Bonchev–Trinajstić information content (AvgIpc) is 3.01. The van der Waals surface area contributed by atoms with E-state index in [2.05, 4.69) is 6.07 Å². The molecule has 0 unspecified atom stereocenters. The van der Waals surface area contributed by atoms with Crippen LogP contribution in [0.1, 0.15) is 5.56 Å². The molecule has 5 heteroatoms. The first-order valence-corrected chi connectivity index (χ1v) is 7.93. The van der Waals surface area contributed by atoms with Crippen molar-refractivity contribution in [2.75, 3.05) is 0 Å². The van der Waals surface area contributed by atoms with Crippen molar-refractivity contribution in [1.82, 2.24) is 9.55 Å². The summed E-state index contributed by atoms with van der Waals surface area (Å²) in [5.41, 5.74) is 4.92. The highest BCUT2D eigenvalue weighted by Crippen LogP contribution is 2.29. The standard InChI is InChI=1S/C20H15N3O2/c1-14-7-12-18-19(13-14)22(16-8-10-17(11-9-16)23(24)25)20(21-18)15-5-3-2-4-6-15/h2-13H,1H3. The second-order valence-corrected chi connectivity index (χ2v) is 5.90. The zero-order chi connectivity index (χ0) is 17.4. The summed E-state index contributed by atoms with van der Waals surface area (Å²) in [6, 6.07) is 22.6. The normalized spacial score (nSPS) is 10.9. The van der Waals surface area contributed by atoms with Crippen LogP contribution in [0.15, 0.2) is 72.8 Å². The maximum Gasteiger partial charge on any atom is 0.269 e. The molecule has 0 N–H and O–H groups in total. The molecule has 0 aliphatic rings. The van der Waals surface area contributed by atoms with Gasteiger partial charge >= 0.3 is 0 Å². The molecular weight excluding hydrogens is 314 g/mol. The van der Waals surface area contributed by atoms with Gasteiger partial charge in [0.15, 0.2) is 0 Å². The highest BCUT2D eigenvalue weighted by Gasteiger charge is 2.15. The van der Waals surface area contributed by atoms with Gasteiger partial charge < -0.3 is 0 Å². The molecule has 1 heterocycles. The first-order chi connectivity index (χ1) is 12.1. The van der Waals surface area contributed by atoms with Crippen molar-refractivity contribution in [3.05, 3.63) is 88.5 Å². The Morgan fingerprint density at radius 1 is 0.960 bits per heavy atom. The lowest BCUT2D eigenvalue weighted by molar-refractivity contribution is -0.384. The first-order valence-electron chi connectivity index (χ1n) is 7.93.